The maximum absolute atomic E-state index is 10.2. The highest BCUT2D eigenvalue weighted by atomic mass is 16.3. The summed E-state index contributed by atoms with van der Waals surface area (Å²) in [5, 5.41) is 12.7. The van der Waals surface area contributed by atoms with E-state index in [0.29, 0.717) is 0 Å². The van der Waals surface area contributed by atoms with Gasteiger partial charge in [0.05, 0.1) is 5.60 Å². The average molecular weight is 228 g/mol. The lowest BCUT2D eigenvalue weighted by molar-refractivity contribution is 0.0802. The minimum Gasteiger partial charge on any atom is -0.386 e. The van der Waals surface area contributed by atoms with Gasteiger partial charge in [0.1, 0.15) is 0 Å². The number of hydrogen-bond donors (Lipinski definition) is 1. The van der Waals surface area contributed by atoms with E-state index in [1.807, 2.05) is 26.0 Å². The summed E-state index contributed by atoms with van der Waals surface area (Å²) < 4.78 is 0. The number of aryl methyl sites for hydroxylation is 1. The second-order valence-corrected chi connectivity index (χ2v) is 5.13. The highest BCUT2D eigenvalue weighted by molar-refractivity contribution is 5.89. The van der Waals surface area contributed by atoms with Crippen LogP contribution >= 0.6 is 0 Å². The van der Waals surface area contributed by atoms with Crippen molar-refractivity contribution in [3.05, 3.63) is 47.5 Å². The summed E-state index contributed by atoms with van der Waals surface area (Å²) in [5.74, 6) is 0. The quantitative estimate of drug-likeness (QED) is 0.841. The molecule has 0 radical (unpaired) electrons. The van der Waals surface area contributed by atoms with E-state index >= 15 is 0 Å². The van der Waals surface area contributed by atoms with E-state index in [9.17, 15) is 5.11 Å². The Morgan fingerprint density at radius 2 is 1.65 bits per heavy atom. The van der Waals surface area contributed by atoms with Gasteiger partial charge in [-0.25, -0.2) is 0 Å². The number of rotatable bonds is 3. The normalized spacial score (nSPS) is 12.0. The molecule has 17 heavy (non-hydrogen) atoms. The molecule has 0 saturated heterocycles. The molecule has 2 aromatic carbocycles. The summed E-state index contributed by atoms with van der Waals surface area (Å²) in [6.45, 7) is 5.88. The Morgan fingerprint density at radius 1 is 1.00 bits per heavy atom. The molecule has 2 rings (SSSR count). The maximum atomic E-state index is 10.2. The number of benzene rings is 2. The zero-order chi connectivity index (χ0) is 12.5. The fraction of sp³-hybridized carbons (Fsp3) is 0.375. The Morgan fingerprint density at radius 3 is 2.29 bits per heavy atom. The van der Waals surface area contributed by atoms with Gasteiger partial charge >= 0.3 is 0 Å². The molecule has 0 aliphatic heterocycles. The van der Waals surface area contributed by atoms with Crippen LogP contribution in [0.5, 0.6) is 0 Å². The van der Waals surface area contributed by atoms with Gasteiger partial charge < -0.3 is 5.11 Å². The molecule has 1 N–H and O–H groups in total. The lowest BCUT2D eigenvalue weighted by atomic mass is 9.90. The molecule has 0 aromatic heterocycles. The molecular formula is C16H20O. The zero-order valence-corrected chi connectivity index (χ0v) is 10.8. The van der Waals surface area contributed by atoms with Crippen molar-refractivity contribution in [2.24, 2.45) is 0 Å². The molecular weight excluding hydrogens is 208 g/mol. The van der Waals surface area contributed by atoms with Crippen LogP contribution in [0.3, 0.4) is 0 Å². The summed E-state index contributed by atoms with van der Waals surface area (Å²) in [5.41, 5.74) is 1.59. The molecule has 0 bridgehead atoms. The van der Waals surface area contributed by atoms with Gasteiger partial charge in [0.15, 0.2) is 0 Å². The Bertz CT molecular complexity index is 521. The van der Waals surface area contributed by atoms with Crippen LogP contribution in [0.15, 0.2) is 36.4 Å². The fourth-order valence-corrected chi connectivity index (χ4v) is 2.40. The molecule has 1 heteroatoms. The summed E-state index contributed by atoms with van der Waals surface area (Å²) >= 11 is 0. The molecule has 0 aliphatic rings. The van der Waals surface area contributed by atoms with E-state index in [1.54, 1.807) is 0 Å². The first kappa shape index (κ1) is 12.1. The second kappa shape index (κ2) is 4.50. The fourth-order valence-electron chi connectivity index (χ4n) is 2.40. The predicted octanol–water partition coefficient (Wildman–Crippen LogP) is 4.02. The first-order valence-electron chi connectivity index (χ1n) is 6.27. The van der Waals surface area contributed by atoms with Gasteiger partial charge in [-0.3, -0.25) is 0 Å². The summed E-state index contributed by atoms with van der Waals surface area (Å²) in [7, 11) is 0. The van der Waals surface area contributed by atoms with E-state index in [1.165, 1.54) is 16.3 Å². The summed E-state index contributed by atoms with van der Waals surface area (Å²) in [4.78, 5) is 0. The Kier molecular flexibility index (Phi) is 3.21. The van der Waals surface area contributed by atoms with Crippen molar-refractivity contribution in [3.8, 4) is 0 Å². The van der Waals surface area contributed by atoms with Crippen LogP contribution in [0.2, 0.25) is 0 Å². The molecule has 0 aliphatic carbocycles. The van der Waals surface area contributed by atoms with E-state index in [0.717, 1.165) is 18.4 Å². The highest BCUT2D eigenvalue weighted by Gasteiger charge is 2.18. The van der Waals surface area contributed by atoms with Crippen LogP contribution in [0.25, 0.3) is 10.8 Å². The van der Waals surface area contributed by atoms with Gasteiger partial charge in [0, 0.05) is 0 Å². The highest BCUT2D eigenvalue weighted by Crippen LogP contribution is 2.30. The molecule has 0 saturated carbocycles. The standard InChI is InChI=1S/C16H20O/c1-4-7-12-8-5-10-14-13(12)9-6-11-15(14)16(2,3)17/h5-6,8-11,17H,4,7H2,1-3H3. The van der Waals surface area contributed by atoms with E-state index < -0.39 is 5.60 Å². The Hall–Kier alpha value is -1.34. The lowest BCUT2D eigenvalue weighted by Crippen LogP contribution is -2.15. The van der Waals surface area contributed by atoms with Crippen molar-refractivity contribution in [3.63, 3.8) is 0 Å². The Labute approximate surface area is 103 Å². The molecule has 0 heterocycles. The van der Waals surface area contributed by atoms with E-state index in [2.05, 4.69) is 31.2 Å². The first-order chi connectivity index (χ1) is 8.04. The van der Waals surface area contributed by atoms with Crippen LogP contribution in [-0.2, 0) is 12.0 Å². The molecule has 1 nitrogen and oxygen atoms in total. The van der Waals surface area contributed by atoms with Gasteiger partial charge in [-0.2, -0.15) is 0 Å². The molecule has 0 spiro atoms. The third kappa shape index (κ3) is 2.34. The van der Waals surface area contributed by atoms with Crippen molar-refractivity contribution < 1.29 is 5.11 Å². The third-order valence-electron chi connectivity index (χ3n) is 3.19. The van der Waals surface area contributed by atoms with Crippen LogP contribution in [-0.4, -0.2) is 5.11 Å². The maximum Gasteiger partial charge on any atom is 0.0846 e. The number of aliphatic hydroxyl groups is 1. The first-order valence-corrected chi connectivity index (χ1v) is 6.27. The lowest BCUT2D eigenvalue weighted by Gasteiger charge is -2.20. The topological polar surface area (TPSA) is 20.2 Å². The van der Waals surface area contributed by atoms with Gasteiger partial charge in [-0.1, -0.05) is 49.7 Å². The molecule has 0 fully saturated rings. The van der Waals surface area contributed by atoms with Gasteiger partial charge in [0.25, 0.3) is 0 Å². The van der Waals surface area contributed by atoms with Gasteiger partial charge in [-0.15, -0.1) is 0 Å². The third-order valence-corrected chi connectivity index (χ3v) is 3.19. The van der Waals surface area contributed by atoms with Crippen molar-refractivity contribution >= 4 is 10.8 Å². The Balaban J connectivity index is 2.70. The zero-order valence-electron chi connectivity index (χ0n) is 10.8. The molecule has 0 unspecified atom stereocenters. The monoisotopic (exact) mass is 228 g/mol. The predicted molar refractivity (Wildman–Crippen MR) is 73.2 cm³/mol. The van der Waals surface area contributed by atoms with Gasteiger partial charge in [-0.05, 0) is 42.2 Å². The molecule has 2 aromatic rings. The van der Waals surface area contributed by atoms with Crippen molar-refractivity contribution in [2.45, 2.75) is 39.2 Å². The number of fused-ring (bicyclic) bond motifs is 1. The molecule has 90 valence electrons. The minimum atomic E-state index is -0.787. The SMILES string of the molecule is CCCc1cccc2c(C(C)(C)O)cccc12. The van der Waals surface area contributed by atoms with E-state index in [-0.39, 0.29) is 0 Å². The van der Waals surface area contributed by atoms with Crippen molar-refractivity contribution in [1.29, 1.82) is 0 Å². The average Bonchev–Trinajstić information content (AvgIpc) is 2.28. The minimum absolute atomic E-state index is 0.787. The summed E-state index contributed by atoms with van der Waals surface area (Å²) in [6.07, 6.45) is 2.23. The van der Waals surface area contributed by atoms with Crippen LogP contribution < -0.4 is 0 Å². The molecule has 0 amide bonds. The largest absolute Gasteiger partial charge is 0.386 e. The molecule has 0 atom stereocenters. The van der Waals surface area contributed by atoms with Crippen LogP contribution in [0.4, 0.5) is 0 Å². The van der Waals surface area contributed by atoms with Crippen molar-refractivity contribution in [1.82, 2.24) is 0 Å². The van der Waals surface area contributed by atoms with Crippen LogP contribution in [0.1, 0.15) is 38.3 Å². The second-order valence-electron chi connectivity index (χ2n) is 5.13. The van der Waals surface area contributed by atoms with Crippen molar-refractivity contribution in [2.75, 3.05) is 0 Å². The van der Waals surface area contributed by atoms with E-state index in [4.69, 9.17) is 0 Å². The summed E-state index contributed by atoms with van der Waals surface area (Å²) in [6, 6.07) is 12.6. The smallest absolute Gasteiger partial charge is 0.0846 e. The number of hydrogen-bond acceptors (Lipinski definition) is 1. The van der Waals surface area contributed by atoms with Gasteiger partial charge in [0.2, 0.25) is 0 Å². The van der Waals surface area contributed by atoms with Crippen LogP contribution in [0, 0.1) is 0 Å².